The van der Waals surface area contributed by atoms with Gasteiger partial charge in [0.2, 0.25) is 0 Å². The molecule has 0 amide bonds. The minimum absolute atomic E-state index is 0.192. The van der Waals surface area contributed by atoms with E-state index in [9.17, 15) is 21.6 Å². The Hall–Kier alpha value is -1.04. The van der Waals surface area contributed by atoms with Crippen molar-refractivity contribution in [3.63, 3.8) is 0 Å². The summed E-state index contributed by atoms with van der Waals surface area (Å²) in [4.78, 5) is -0.192. The van der Waals surface area contributed by atoms with Crippen molar-refractivity contribution in [1.29, 1.82) is 0 Å². The minimum atomic E-state index is -4.52. The van der Waals surface area contributed by atoms with E-state index in [2.05, 4.69) is 0 Å². The van der Waals surface area contributed by atoms with Crippen LogP contribution in [0.3, 0.4) is 0 Å². The maximum absolute atomic E-state index is 12.7. The van der Waals surface area contributed by atoms with Crippen LogP contribution in [0.2, 0.25) is 0 Å². The van der Waals surface area contributed by atoms with Crippen molar-refractivity contribution in [2.75, 3.05) is 6.26 Å². The minimum Gasteiger partial charge on any atom is -0.224 e. The normalized spacial score (nSPS) is 16.4. The lowest BCUT2D eigenvalue weighted by atomic mass is 10.0. The zero-order chi connectivity index (χ0) is 15.0. The predicted octanol–water partition coefficient (Wildman–Crippen LogP) is 3.84. The average Bonchev–Trinajstić information content (AvgIpc) is 3.10. The molecule has 0 aromatic heterocycles. The summed E-state index contributed by atoms with van der Waals surface area (Å²) in [5.41, 5.74) is -0.426. The van der Waals surface area contributed by atoms with Gasteiger partial charge < -0.3 is 0 Å². The Labute approximate surface area is 116 Å². The van der Waals surface area contributed by atoms with E-state index in [0.717, 1.165) is 37.1 Å². The molecule has 0 N–H and O–H groups in total. The van der Waals surface area contributed by atoms with Gasteiger partial charge in [-0.05, 0) is 36.5 Å². The van der Waals surface area contributed by atoms with Crippen molar-refractivity contribution < 1.29 is 21.6 Å². The molecule has 20 heavy (non-hydrogen) atoms. The zero-order valence-corrected chi connectivity index (χ0v) is 12.0. The fourth-order valence-electron chi connectivity index (χ4n) is 2.27. The van der Waals surface area contributed by atoms with Gasteiger partial charge in [-0.1, -0.05) is 25.3 Å². The van der Waals surface area contributed by atoms with Gasteiger partial charge in [-0.3, -0.25) is 0 Å². The Balaban J connectivity index is 2.25. The predicted molar refractivity (Wildman–Crippen MR) is 70.2 cm³/mol. The standard InChI is InChI=1S/C14H17F3O2S/c1-20(18,19)13-9-12(14(15,16)17)8-7-11(13)4-2-3-10-5-6-10/h7-10H,2-6H2,1H3. The zero-order valence-electron chi connectivity index (χ0n) is 11.2. The first kappa shape index (κ1) is 15.4. The van der Waals surface area contributed by atoms with Crippen molar-refractivity contribution in [2.24, 2.45) is 5.92 Å². The van der Waals surface area contributed by atoms with Crippen LogP contribution in [-0.4, -0.2) is 14.7 Å². The van der Waals surface area contributed by atoms with E-state index in [1.54, 1.807) is 0 Å². The largest absolute Gasteiger partial charge is 0.416 e. The van der Waals surface area contributed by atoms with Gasteiger partial charge in [0.05, 0.1) is 10.5 Å². The number of alkyl halides is 3. The molecule has 0 heterocycles. The van der Waals surface area contributed by atoms with Crippen LogP contribution in [0.25, 0.3) is 0 Å². The summed E-state index contributed by atoms with van der Waals surface area (Å²) in [5.74, 6) is 0.728. The summed E-state index contributed by atoms with van der Waals surface area (Å²) in [6, 6.07) is 3.01. The second-order valence-corrected chi connectivity index (χ2v) is 7.41. The number of hydrogen-bond acceptors (Lipinski definition) is 2. The van der Waals surface area contributed by atoms with Crippen LogP contribution in [0.5, 0.6) is 0 Å². The van der Waals surface area contributed by atoms with Gasteiger partial charge in [-0.25, -0.2) is 8.42 Å². The van der Waals surface area contributed by atoms with Crippen LogP contribution >= 0.6 is 0 Å². The highest BCUT2D eigenvalue weighted by atomic mass is 32.2. The third kappa shape index (κ3) is 3.98. The molecule has 112 valence electrons. The van der Waals surface area contributed by atoms with Gasteiger partial charge >= 0.3 is 6.18 Å². The second-order valence-electron chi connectivity index (χ2n) is 5.43. The van der Waals surface area contributed by atoms with E-state index in [-0.39, 0.29) is 4.90 Å². The molecule has 1 saturated carbocycles. The second kappa shape index (κ2) is 5.39. The molecule has 1 aliphatic carbocycles. The Bertz CT molecular complexity index is 587. The van der Waals surface area contributed by atoms with E-state index in [0.29, 0.717) is 12.0 Å². The highest BCUT2D eigenvalue weighted by molar-refractivity contribution is 7.90. The maximum atomic E-state index is 12.7. The lowest BCUT2D eigenvalue weighted by Crippen LogP contribution is -2.09. The van der Waals surface area contributed by atoms with Crippen LogP contribution in [0, 0.1) is 5.92 Å². The molecule has 1 fully saturated rings. The van der Waals surface area contributed by atoms with Crippen LogP contribution in [-0.2, 0) is 22.4 Å². The molecule has 0 bridgehead atoms. The molecule has 6 heteroatoms. The average molecular weight is 306 g/mol. The summed E-state index contributed by atoms with van der Waals surface area (Å²) >= 11 is 0. The van der Waals surface area contributed by atoms with Crippen molar-refractivity contribution in [1.82, 2.24) is 0 Å². The highest BCUT2D eigenvalue weighted by Gasteiger charge is 2.32. The third-order valence-corrected chi connectivity index (χ3v) is 4.73. The van der Waals surface area contributed by atoms with Gasteiger partial charge in [0.15, 0.2) is 9.84 Å². The SMILES string of the molecule is CS(=O)(=O)c1cc(C(F)(F)F)ccc1CCCC1CC1. The van der Waals surface area contributed by atoms with Gasteiger partial charge in [0, 0.05) is 6.26 Å². The van der Waals surface area contributed by atoms with Gasteiger partial charge in [-0.2, -0.15) is 13.2 Å². The highest BCUT2D eigenvalue weighted by Crippen LogP contribution is 2.35. The van der Waals surface area contributed by atoms with Gasteiger partial charge in [0.25, 0.3) is 0 Å². The fraction of sp³-hybridized carbons (Fsp3) is 0.571. The molecule has 2 rings (SSSR count). The fourth-order valence-corrected chi connectivity index (χ4v) is 3.26. The molecule has 0 aliphatic heterocycles. The Kier molecular flexibility index (Phi) is 4.14. The Morgan fingerprint density at radius 1 is 1.25 bits per heavy atom. The first-order chi connectivity index (χ1) is 9.18. The molecule has 0 saturated heterocycles. The van der Waals surface area contributed by atoms with E-state index in [1.807, 2.05) is 0 Å². The lowest BCUT2D eigenvalue weighted by molar-refractivity contribution is -0.137. The van der Waals surface area contributed by atoms with Crippen LogP contribution in [0.1, 0.15) is 36.8 Å². The number of aryl methyl sites for hydroxylation is 1. The maximum Gasteiger partial charge on any atom is 0.416 e. The van der Waals surface area contributed by atoms with Crippen molar-refractivity contribution in [3.05, 3.63) is 29.3 Å². The van der Waals surface area contributed by atoms with E-state index in [4.69, 9.17) is 0 Å². The molecule has 1 aromatic carbocycles. The topological polar surface area (TPSA) is 34.1 Å². The molecule has 2 nitrogen and oxygen atoms in total. The molecular formula is C14H17F3O2S. The molecular weight excluding hydrogens is 289 g/mol. The third-order valence-electron chi connectivity index (χ3n) is 3.55. The number of benzene rings is 1. The van der Waals surface area contributed by atoms with E-state index < -0.39 is 21.6 Å². The summed E-state index contributed by atoms with van der Waals surface area (Å²) in [7, 11) is -3.65. The quantitative estimate of drug-likeness (QED) is 0.828. The molecule has 0 unspecified atom stereocenters. The van der Waals surface area contributed by atoms with Gasteiger partial charge in [-0.15, -0.1) is 0 Å². The van der Waals surface area contributed by atoms with Crippen LogP contribution < -0.4 is 0 Å². The summed E-state index contributed by atoms with van der Waals surface area (Å²) in [5, 5.41) is 0. The number of hydrogen-bond donors (Lipinski definition) is 0. The monoisotopic (exact) mass is 306 g/mol. The summed E-state index contributed by atoms with van der Waals surface area (Å²) < 4.78 is 61.3. The lowest BCUT2D eigenvalue weighted by Gasteiger charge is -2.12. The molecule has 0 atom stereocenters. The van der Waals surface area contributed by atoms with E-state index >= 15 is 0 Å². The first-order valence-electron chi connectivity index (χ1n) is 6.58. The van der Waals surface area contributed by atoms with Gasteiger partial charge in [0.1, 0.15) is 0 Å². The number of halogens is 3. The van der Waals surface area contributed by atoms with E-state index in [1.165, 1.54) is 18.9 Å². The summed E-state index contributed by atoms with van der Waals surface area (Å²) in [6.07, 6.45) is 1.20. The van der Waals surface area contributed by atoms with Crippen LogP contribution in [0.4, 0.5) is 13.2 Å². The van der Waals surface area contributed by atoms with Crippen LogP contribution in [0.15, 0.2) is 23.1 Å². The first-order valence-corrected chi connectivity index (χ1v) is 8.47. The molecule has 0 radical (unpaired) electrons. The number of sulfone groups is 1. The number of rotatable bonds is 5. The van der Waals surface area contributed by atoms with Crippen molar-refractivity contribution in [2.45, 2.75) is 43.2 Å². The molecule has 0 spiro atoms. The summed E-state index contributed by atoms with van der Waals surface area (Å²) in [6.45, 7) is 0. The Morgan fingerprint density at radius 2 is 1.90 bits per heavy atom. The molecule has 1 aliphatic rings. The Morgan fingerprint density at radius 3 is 2.40 bits per heavy atom. The molecule has 1 aromatic rings. The smallest absolute Gasteiger partial charge is 0.224 e. The van der Waals surface area contributed by atoms with Crippen molar-refractivity contribution in [3.8, 4) is 0 Å². The van der Waals surface area contributed by atoms with Crippen molar-refractivity contribution >= 4 is 9.84 Å².